The van der Waals surface area contributed by atoms with Crippen molar-refractivity contribution in [2.75, 3.05) is 6.54 Å². The molecule has 0 saturated heterocycles. The zero-order valence-electron chi connectivity index (χ0n) is 15.5. The third-order valence-electron chi connectivity index (χ3n) is 4.49. The first-order chi connectivity index (χ1) is 13.5. The highest BCUT2D eigenvalue weighted by molar-refractivity contribution is 7.16. The van der Waals surface area contributed by atoms with Crippen LogP contribution in [0, 0.1) is 6.92 Å². The van der Waals surface area contributed by atoms with Gasteiger partial charge >= 0.3 is 5.76 Å². The Hall–Kier alpha value is -2.71. The molecule has 0 saturated carbocycles. The third-order valence-corrected chi connectivity index (χ3v) is 6.43. The number of oxazole rings is 1. The Kier molecular flexibility index (Phi) is 5.15. The second-order valence-electron chi connectivity index (χ2n) is 6.44. The summed E-state index contributed by atoms with van der Waals surface area (Å²) in [5.74, 6) is -0.731. The maximum absolute atomic E-state index is 12.5. The van der Waals surface area contributed by atoms with E-state index in [-0.39, 0.29) is 5.91 Å². The van der Waals surface area contributed by atoms with Crippen LogP contribution in [-0.4, -0.2) is 22.0 Å². The second-order valence-corrected chi connectivity index (χ2v) is 8.67. The first-order valence-electron chi connectivity index (χ1n) is 8.92. The number of benzene rings is 1. The number of carbonyl (C=O) groups excluding carboxylic acids is 1. The zero-order valence-corrected chi connectivity index (χ0v) is 17.1. The Labute approximate surface area is 169 Å². The van der Waals surface area contributed by atoms with Crippen molar-refractivity contribution in [3.05, 3.63) is 62.2 Å². The normalized spacial score (nSPS) is 12.4. The molecule has 0 radical (unpaired) electrons. The number of carbonyl (C=O) groups is 1. The van der Waals surface area contributed by atoms with Crippen LogP contribution in [0.1, 0.15) is 22.9 Å². The number of rotatable bonds is 6. The number of amides is 1. The Balaban J connectivity index is 1.39. The van der Waals surface area contributed by atoms with Crippen LogP contribution in [-0.2, 0) is 11.2 Å². The van der Waals surface area contributed by atoms with Crippen LogP contribution in [0.4, 0.5) is 0 Å². The maximum atomic E-state index is 12.5. The van der Waals surface area contributed by atoms with E-state index >= 15 is 0 Å². The standard InChI is InChI=1S/C20H19N3O3S2/c1-12(23-16-5-3-4-6-17(16)26-20(23)25)19(24)21-10-9-14-7-8-18(28-14)15-11-27-13(2)22-15/h3-8,11-12H,9-10H2,1-2H3,(H,21,24). The van der Waals surface area contributed by atoms with Gasteiger partial charge in [-0.1, -0.05) is 12.1 Å². The van der Waals surface area contributed by atoms with Gasteiger partial charge in [0, 0.05) is 16.8 Å². The van der Waals surface area contributed by atoms with Crippen molar-refractivity contribution < 1.29 is 9.21 Å². The van der Waals surface area contributed by atoms with Crippen LogP contribution >= 0.6 is 22.7 Å². The molecule has 1 N–H and O–H groups in total. The number of fused-ring (bicyclic) bond motifs is 1. The SMILES string of the molecule is Cc1nc(-c2ccc(CCNC(=O)C(C)n3c(=O)oc4ccccc43)s2)cs1. The first kappa shape index (κ1) is 18.6. The lowest BCUT2D eigenvalue weighted by atomic mass is 10.2. The summed E-state index contributed by atoms with van der Waals surface area (Å²) in [5, 5.41) is 6.02. The molecule has 1 aromatic carbocycles. The minimum atomic E-state index is -0.645. The second kappa shape index (κ2) is 7.73. The molecule has 28 heavy (non-hydrogen) atoms. The van der Waals surface area contributed by atoms with Gasteiger partial charge in [-0.25, -0.2) is 9.78 Å². The molecule has 3 heterocycles. The fraction of sp³-hybridized carbons (Fsp3) is 0.250. The molecule has 1 amide bonds. The van der Waals surface area contributed by atoms with Crippen LogP contribution in [0.15, 0.2) is 51.0 Å². The number of thiophene rings is 1. The molecule has 0 bridgehead atoms. The average molecular weight is 414 g/mol. The van der Waals surface area contributed by atoms with Gasteiger partial charge < -0.3 is 9.73 Å². The van der Waals surface area contributed by atoms with Gasteiger partial charge in [-0.05, 0) is 44.5 Å². The highest BCUT2D eigenvalue weighted by Crippen LogP contribution is 2.29. The Morgan fingerprint density at radius 2 is 2.11 bits per heavy atom. The van der Waals surface area contributed by atoms with Gasteiger partial charge in [0.05, 0.1) is 21.1 Å². The van der Waals surface area contributed by atoms with E-state index in [9.17, 15) is 9.59 Å². The minimum Gasteiger partial charge on any atom is -0.408 e. The molecule has 1 unspecified atom stereocenters. The smallest absolute Gasteiger partial charge is 0.408 e. The molecule has 0 fully saturated rings. The fourth-order valence-corrected chi connectivity index (χ4v) is 4.71. The lowest BCUT2D eigenvalue weighted by Crippen LogP contribution is -2.35. The van der Waals surface area contributed by atoms with Crippen molar-refractivity contribution in [2.45, 2.75) is 26.3 Å². The van der Waals surface area contributed by atoms with Crippen LogP contribution in [0.2, 0.25) is 0 Å². The molecule has 4 aromatic rings. The molecule has 6 nitrogen and oxygen atoms in total. The molecule has 0 spiro atoms. The number of aromatic nitrogens is 2. The van der Waals surface area contributed by atoms with Crippen molar-refractivity contribution in [3.8, 4) is 10.6 Å². The summed E-state index contributed by atoms with van der Waals surface area (Å²) < 4.78 is 6.60. The molecule has 8 heteroatoms. The number of aryl methyl sites for hydroxylation is 1. The number of nitrogens with zero attached hydrogens (tertiary/aromatic N) is 2. The van der Waals surface area contributed by atoms with E-state index in [4.69, 9.17) is 4.42 Å². The van der Waals surface area contributed by atoms with E-state index < -0.39 is 11.8 Å². The maximum Gasteiger partial charge on any atom is 0.420 e. The van der Waals surface area contributed by atoms with Gasteiger partial charge in [-0.15, -0.1) is 22.7 Å². The molecular formula is C20H19N3O3S2. The monoisotopic (exact) mass is 413 g/mol. The van der Waals surface area contributed by atoms with Gasteiger partial charge in [0.25, 0.3) is 0 Å². The molecule has 144 valence electrons. The van der Waals surface area contributed by atoms with E-state index in [0.29, 0.717) is 17.6 Å². The van der Waals surface area contributed by atoms with Crippen molar-refractivity contribution in [1.82, 2.24) is 14.9 Å². The first-order valence-corrected chi connectivity index (χ1v) is 10.6. The van der Waals surface area contributed by atoms with Crippen LogP contribution < -0.4 is 11.1 Å². The average Bonchev–Trinajstić information content (AvgIpc) is 3.38. The lowest BCUT2D eigenvalue weighted by molar-refractivity contribution is -0.123. The van der Waals surface area contributed by atoms with Gasteiger partial charge in [-0.3, -0.25) is 9.36 Å². The number of hydrogen-bond donors (Lipinski definition) is 1. The molecule has 0 aliphatic rings. The summed E-state index contributed by atoms with van der Waals surface area (Å²) >= 11 is 3.32. The zero-order chi connectivity index (χ0) is 19.7. The highest BCUT2D eigenvalue weighted by atomic mass is 32.1. The summed E-state index contributed by atoms with van der Waals surface area (Å²) in [5.41, 5.74) is 2.11. The van der Waals surface area contributed by atoms with Crippen LogP contribution in [0.3, 0.4) is 0 Å². The van der Waals surface area contributed by atoms with Gasteiger partial charge in [0.15, 0.2) is 5.58 Å². The van der Waals surface area contributed by atoms with E-state index in [1.54, 1.807) is 47.8 Å². The predicted octanol–water partition coefficient (Wildman–Crippen LogP) is 4.01. The van der Waals surface area contributed by atoms with Gasteiger partial charge in [0.1, 0.15) is 6.04 Å². The van der Waals surface area contributed by atoms with Crippen molar-refractivity contribution >= 4 is 39.7 Å². The summed E-state index contributed by atoms with van der Waals surface area (Å²) in [4.78, 5) is 31.5. The number of nitrogens with one attached hydrogen (secondary N) is 1. The van der Waals surface area contributed by atoms with Gasteiger partial charge in [-0.2, -0.15) is 0 Å². The summed E-state index contributed by atoms with van der Waals surface area (Å²) in [6.07, 6.45) is 0.729. The molecule has 3 aromatic heterocycles. The lowest BCUT2D eigenvalue weighted by Gasteiger charge is -2.12. The van der Waals surface area contributed by atoms with Crippen molar-refractivity contribution in [2.24, 2.45) is 0 Å². The fourth-order valence-electron chi connectivity index (χ4n) is 3.05. The largest absolute Gasteiger partial charge is 0.420 e. The molecule has 0 aliphatic heterocycles. The molecule has 1 atom stereocenters. The predicted molar refractivity (Wildman–Crippen MR) is 112 cm³/mol. The minimum absolute atomic E-state index is 0.208. The van der Waals surface area contributed by atoms with Crippen molar-refractivity contribution in [3.63, 3.8) is 0 Å². The summed E-state index contributed by atoms with van der Waals surface area (Å²) in [6, 6.07) is 10.6. The molecule has 4 rings (SSSR count). The molecule has 0 aliphatic carbocycles. The number of thiazole rings is 1. The number of hydrogen-bond acceptors (Lipinski definition) is 6. The summed E-state index contributed by atoms with van der Waals surface area (Å²) in [6.45, 7) is 4.20. The van der Waals surface area contributed by atoms with Crippen LogP contribution in [0.25, 0.3) is 21.7 Å². The van der Waals surface area contributed by atoms with E-state index in [1.807, 2.05) is 13.0 Å². The van der Waals surface area contributed by atoms with E-state index in [0.717, 1.165) is 22.0 Å². The third kappa shape index (κ3) is 3.65. The topological polar surface area (TPSA) is 77.1 Å². The van der Waals surface area contributed by atoms with Crippen LogP contribution in [0.5, 0.6) is 0 Å². The van der Waals surface area contributed by atoms with E-state index in [2.05, 4.69) is 27.8 Å². The Bertz CT molecular complexity index is 1180. The Morgan fingerprint density at radius 3 is 2.89 bits per heavy atom. The highest BCUT2D eigenvalue weighted by Gasteiger charge is 2.20. The number of para-hydroxylation sites is 2. The van der Waals surface area contributed by atoms with E-state index in [1.165, 1.54) is 9.44 Å². The Morgan fingerprint density at radius 1 is 1.29 bits per heavy atom. The summed E-state index contributed by atoms with van der Waals surface area (Å²) in [7, 11) is 0. The van der Waals surface area contributed by atoms with Crippen molar-refractivity contribution in [1.29, 1.82) is 0 Å². The quantitative estimate of drug-likeness (QED) is 0.518. The van der Waals surface area contributed by atoms with Gasteiger partial charge in [0.2, 0.25) is 5.91 Å². The molecular weight excluding hydrogens is 394 g/mol.